The van der Waals surface area contributed by atoms with Crippen LogP contribution in [0.15, 0.2) is 12.1 Å². The van der Waals surface area contributed by atoms with E-state index in [1.54, 1.807) is 0 Å². The average molecular weight is 290 g/mol. The standard InChI is InChI=1S/C10H5F3N2O5/c1-19-9(16)7-3-6(15(17)18)2-5(4-14)8(7)20-10(11,12)13/h2-3H,1H3. The van der Waals surface area contributed by atoms with Gasteiger partial charge in [0.25, 0.3) is 5.69 Å². The van der Waals surface area contributed by atoms with Crippen molar-refractivity contribution in [3.8, 4) is 11.8 Å². The first kappa shape index (κ1) is 15.2. The first-order valence-corrected chi connectivity index (χ1v) is 4.76. The molecular weight excluding hydrogens is 285 g/mol. The minimum absolute atomic E-state index is 0.535. The van der Waals surface area contributed by atoms with E-state index in [1.165, 1.54) is 6.07 Å². The van der Waals surface area contributed by atoms with Gasteiger partial charge in [-0.25, -0.2) is 4.79 Å². The Morgan fingerprint density at radius 2 is 2.05 bits per heavy atom. The summed E-state index contributed by atoms with van der Waals surface area (Å²) < 4.78 is 44.5. The Kier molecular flexibility index (Phi) is 4.14. The molecule has 0 aliphatic heterocycles. The molecule has 0 N–H and O–H groups in total. The second-order valence-corrected chi connectivity index (χ2v) is 3.28. The van der Waals surface area contributed by atoms with Gasteiger partial charge in [-0.3, -0.25) is 10.1 Å². The molecule has 0 saturated heterocycles. The maximum Gasteiger partial charge on any atom is 0.573 e. The Morgan fingerprint density at radius 3 is 2.45 bits per heavy atom. The molecule has 0 bridgehead atoms. The van der Waals surface area contributed by atoms with Crippen LogP contribution in [0.25, 0.3) is 0 Å². The zero-order valence-electron chi connectivity index (χ0n) is 9.72. The quantitative estimate of drug-likeness (QED) is 0.480. The van der Waals surface area contributed by atoms with E-state index in [2.05, 4.69) is 9.47 Å². The number of benzene rings is 1. The normalized spacial score (nSPS) is 10.6. The summed E-state index contributed by atoms with van der Waals surface area (Å²) in [5, 5.41) is 19.3. The van der Waals surface area contributed by atoms with Crippen LogP contribution in [0.1, 0.15) is 15.9 Å². The molecule has 0 fully saturated rings. The molecule has 0 amide bonds. The van der Waals surface area contributed by atoms with Crippen molar-refractivity contribution in [1.29, 1.82) is 5.26 Å². The zero-order chi connectivity index (χ0) is 15.5. The molecule has 106 valence electrons. The molecule has 0 aliphatic carbocycles. The van der Waals surface area contributed by atoms with Crippen LogP contribution in [0.4, 0.5) is 18.9 Å². The third kappa shape index (κ3) is 3.35. The number of esters is 1. The lowest BCUT2D eigenvalue weighted by Gasteiger charge is -2.13. The van der Waals surface area contributed by atoms with Crippen molar-refractivity contribution in [2.75, 3.05) is 7.11 Å². The molecule has 7 nitrogen and oxygen atoms in total. The fourth-order valence-electron chi connectivity index (χ4n) is 1.29. The lowest BCUT2D eigenvalue weighted by molar-refractivity contribution is -0.385. The first-order chi connectivity index (χ1) is 9.19. The predicted molar refractivity (Wildman–Crippen MR) is 55.8 cm³/mol. The van der Waals surface area contributed by atoms with Crippen molar-refractivity contribution in [3.05, 3.63) is 33.4 Å². The molecule has 1 aromatic rings. The van der Waals surface area contributed by atoms with Crippen molar-refractivity contribution < 1.29 is 32.4 Å². The van der Waals surface area contributed by atoms with Gasteiger partial charge < -0.3 is 9.47 Å². The number of alkyl halides is 3. The maximum atomic E-state index is 12.2. The molecule has 0 aliphatic rings. The number of hydrogen-bond acceptors (Lipinski definition) is 6. The second-order valence-electron chi connectivity index (χ2n) is 3.28. The molecule has 0 radical (unpaired) electrons. The molecule has 0 atom stereocenters. The van der Waals surface area contributed by atoms with E-state index in [1.807, 2.05) is 0 Å². The number of ether oxygens (including phenoxy) is 2. The summed E-state index contributed by atoms with van der Waals surface area (Å²) in [5.74, 6) is -2.44. The van der Waals surface area contributed by atoms with Gasteiger partial charge in [-0.15, -0.1) is 13.2 Å². The Hall–Kier alpha value is -2.83. The highest BCUT2D eigenvalue weighted by Gasteiger charge is 2.35. The lowest BCUT2D eigenvalue weighted by Crippen LogP contribution is -2.20. The maximum absolute atomic E-state index is 12.2. The number of nitrogens with zero attached hydrogens (tertiary/aromatic N) is 2. The van der Waals surface area contributed by atoms with Crippen LogP contribution in [-0.2, 0) is 4.74 Å². The third-order valence-corrected chi connectivity index (χ3v) is 2.03. The van der Waals surface area contributed by atoms with Crippen LogP contribution < -0.4 is 4.74 Å². The Balaban J connectivity index is 3.57. The fraction of sp³-hybridized carbons (Fsp3) is 0.200. The number of halogens is 3. The van der Waals surface area contributed by atoms with Crippen molar-refractivity contribution in [1.82, 2.24) is 0 Å². The summed E-state index contributed by atoms with van der Waals surface area (Å²) in [7, 11) is 0.866. The lowest BCUT2D eigenvalue weighted by atomic mass is 10.1. The highest BCUT2D eigenvalue weighted by atomic mass is 19.4. The molecule has 0 spiro atoms. The van der Waals surface area contributed by atoms with Gasteiger partial charge in [0.2, 0.25) is 0 Å². The van der Waals surface area contributed by atoms with Crippen LogP contribution in [-0.4, -0.2) is 24.4 Å². The van der Waals surface area contributed by atoms with Gasteiger partial charge in [0, 0.05) is 12.1 Å². The number of carbonyl (C=O) groups is 1. The Labute approximate surface area is 109 Å². The topological polar surface area (TPSA) is 102 Å². The van der Waals surface area contributed by atoms with Gasteiger partial charge in [-0.1, -0.05) is 0 Å². The molecule has 0 heterocycles. The van der Waals surface area contributed by atoms with E-state index < -0.39 is 39.8 Å². The molecular formula is C10H5F3N2O5. The van der Waals surface area contributed by atoms with E-state index in [4.69, 9.17) is 5.26 Å². The number of hydrogen-bond donors (Lipinski definition) is 0. The van der Waals surface area contributed by atoms with Gasteiger partial charge in [0.1, 0.15) is 17.2 Å². The summed E-state index contributed by atoms with van der Waals surface area (Å²) >= 11 is 0. The highest BCUT2D eigenvalue weighted by molar-refractivity contribution is 5.94. The van der Waals surface area contributed by atoms with Crippen LogP contribution in [0.3, 0.4) is 0 Å². The van der Waals surface area contributed by atoms with Gasteiger partial charge in [-0.2, -0.15) is 5.26 Å². The van der Waals surface area contributed by atoms with Crippen molar-refractivity contribution in [3.63, 3.8) is 0 Å². The predicted octanol–water partition coefficient (Wildman–Crippen LogP) is 2.15. The first-order valence-electron chi connectivity index (χ1n) is 4.76. The van der Waals surface area contributed by atoms with Crippen molar-refractivity contribution in [2.45, 2.75) is 6.36 Å². The third-order valence-electron chi connectivity index (χ3n) is 2.03. The minimum Gasteiger partial charge on any atom is -0.465 e. The number of non-ortho nitro benzene ring substituents is 1. The molecule has 1 rings (SSSR count). The molecule has 20 heavy (non-hydrogen) atoms. The zero-order valence-corrected chi connectivity index (χ0v) is 9.72. The van der Waals surface area contributed by atoms with E-state index in [0.29, 0.717) is 12.1 Å². The smallest absolute Gasteiger partial charge is 0.465 e. The van der Waals surface area contributed by atoms with Crippen molar-refractivity contribution >= 4 is 11.7 Å². The van der Waals surface area contributed by atoms with Gasteiger partial charge >= 0.3 is 12.3 Å². The van der Waals surface area contributed by atoms with E-state index in [0.717, 1.165) is 7.11 Å². The molecule has 0 unspecified atom stereocenters. The number of carbonyl (C=O) groups excluding carboxylic acids is 1. The average Bonchev–Trinajstić information content (AvgIpc) is 2.35. The second kappa shape index (κ2) is 5.43. The number of rotatable bonds is 3. The summed E-state index contributed by atoms with van der Waals surface area (Å²) in [6.07, 6.45) is -5.18. The number of nitro groups is 1. The van der Waals surface area contributed by atoms with Crippen LogP contribution >= 0.6 is 0 Å². The Morgan fingerprint density at radius 1 is 1.45 bits per heavy atom. The van der Waals surface area contributed by atoms with Gasteiger partial charge in [-0.05, 0) is 0 Å². The van der Waals surface area contributed by atoms with E-state index in [9.17, 15) is 28.1 Å². The van der Waals surface area contributed by atoms with Crippen LogP contribution in [0, 0.1) is 21.4 Å². The summed E-state index contributed by atoms with van der Waals surface area (Å²) in [6.45, 7) is 0. The number of nitriles is 1. The Bertz CT molecular complexity index is 606. The number of methoxy groups -OCH3 is 1. The van der Waals surface area contributed by atoms with Gasteiger partial charge in [0.15, 0.2) is 5.75 Å². The summed E-state index contributed by atoms with van der Waals surface area (Å²) in [4.78, 5) is 21.0. The molecule has 0 aromatic heterocycles. The highest BCUT2D eigenvalue weighted by Crippen LogP contribution is 2.33. The summed E-state index contributed by atoms with van der Waals surface area (Å²) in [5.41, 5.74) is -2.41. The van der Waals surface area contributed by atoms with Gasteiger partial charge in [0.05, 0.1) is 12.0 Å². The number of nitro benzene ring substituents is 1. The minimum atomic E-state index is -5.18. The molecule has 10 heteroatoms. The van der Waals surface area contributed by atoms with E-state index >= 15 is 0 Å². The van der Waals surface area contributed by atoms with Crippen LogP contribution in [0.2, 0.25) is 0 Å². The SMILES string of the molecule is COC(=O)c1cc([N+](=O)[O-])cc(C#N)c1OC(F)(F)F. The molecule has 0 saturated carbocycles. The monoisotopic (exact) mass is 290 g/mol. The van der Waals surface area contributed by atoms with Crippen LogP contribution in [0.5, 0.6) is 5.75 Å². The largest absolute Gasteiger partial charge is 0.573 e. The van der Waals surface area contributed by atoms with E-state index in [-0.39, 0.29) is 0 Å². The molecule has 1 aromatic carbocycles. The summed E-state index contributed by atoms with van der Waals surface area (Å²) in [6, 6.07) is 2.39. The fourth-order valence-corrected chi connectivity index (χ4v) is 1.29. The van der Waals surface area contributed by atoms with Crippen molar-refractivity contribution in [2.24, 2.45) is 0 Å².